The van der Waals surface area contributed by atoms with E-state index in [0.29, 0.717) is 11.5 Å². The summed E-state index contributed by atoms with van der Waals surface area (Å²) >= 11 is 0. The molecular weight excluding hydrogens is 345 g/mol. The quantitative estimate of drug-likeness (QED) is 0.323. The summed E-state index contributed by atoms with van der Waals surface area (Å²) in [5.74, 6) is -1.46. The SMILES string of the molecule is CC=Cc1ccc(OCC(=O)Oc2cc(F)ccc2[N+](=O)[O-])c(OC)c1. The molecule has 136 valence electrons. The highest BCUT2D eigenvalue weighted by molar-refractivity contribution is 5.75. The molecule has 0 fully saturated rings. The second-order valence-electron chi connectivity index (χ2n) is 5.04. The predicted octanol–water partition coefficient (Wildman–Crippen LogP) is 3.76. The molecule has 2 aromatic rings. The van der Waals surface area contributed by atoms with Gasteiger partial charge in [-0.1, -0.05) is 18.2 Å². The zero-order chi connectivity index (χ0) is 19.1. The van der Waals surface area contributed by atoms with E-state index in [1.807, 2.05) is 19.1 Å². The molecule has 26 heavy (non-hydrogen) atoms. The van der Waals surface area contributed by atoms with Crippen molar-refractivity contribution in [1.82, 2.24) is 0 Å². The van der Waals surface area contributed by atoms with Gasteiger partial charge in [0.1, 0.15) is 5.82 Å². The van der Waals surface area contributed by atoms with Crippen molar-refractivity contribution >= 4 is 17.7 Å². The average molecular weight is 361 g/mol. The van der Waals surface area contributed by atoms with E-state index in [2.05, 4.69) is 0 Å². The van der Waals surface area contributed by atoms with Crippen LogP contribution in [0.15, 0.2) is 42.5 Å². The second kappa shape index (κ2) is 8.61. The van der Waals surface area contributed by atoms with E-state index in [-0.39, 0.29) is 0 Å². The molecule has 0 N–H and O–H groups in total. The summed E-state index contributed by atoms with van der Waals surface area (Å²) in [6.07, 6.45) is 3.72. The maximum atomic E-state index is 13.2. The highest BCUT2D eigenvalue weighted by Crippen LogP contribution is 2.30. The summed E-state index contributed by atoms with van der Waals surface area (Å²) in [5, 5.41) is 10.9. The summed E-state index contributed by atoms with van der Waals surface area (Å²) in [4.78, 5) is 22.0. The molecule has 0 saturated heterocycles. The van der Waals surface area contributed by atoms with E-state index >= 15 is 0 Å². The molecule has 0 unspecified atom stereocenters. The standard InChI is InChI=1S/C18H16FNO6/c1-3-4-12-5-8-15(17(9-12)24-2)25-11-18(21)26-16-10-13(19)6-7-14(16)20(22)23/h3-10H,11H2,1-2H3. The highest BCUT2D eigenvalue weighted by Gasteiger charge is 2.19. The molecule has 8 heteroatoms. The number of ether oxygens (including phenoxy) is 3. The molecule has 0 amide bonds. The van der Waals surface area contributed by atoms with Gasteiger partial charge in [0.15, 0.2) is 18.1 Å². The van der Waals surface area contributed by atoms with Crippen molar-refractivity contribution in [3.05, 3.63) is 64.0 Å². The third kappa shape index (κ3) is 4.79. The van der Waals surface area contributed by atoms with Crippen LogP contribution in [0.1, 0.15) is 12.5 Å². The Bertz CT molecular complexity index is 850. The van der Waals surface area contributed by atoms with Gasteiger partial charge in [-0.3, -0.25) is 10.1 Å². The lowest BCUT2D eigenvalue weighted by Gasteiger charge is -2.11. The number of nitrogens with zero attached hydrogens (tertiary/aromatic N) is 1. The fourth-order valence-corrected chi connectivity index (χ4v) is 2.11. The van der Waals surface area contributed by atoms with E-state index in [0.717, 1.165) is 23.8 Å². The monoisotopic (exact) mass is 361 g/mol. The summed E-state index contributed by atoms with van der Waals surface area (Å²) in [5.41, 5.74) is 0.364. The molecule has 0 aliphatic rings. The minimum absolute atomic E-state index is 0.298. The van der Waals surface area contributed by atoms with Gasteiger partial charge in [-0.2, -0.15) is 0 Å². The van der Waals surface area contributed by atoms with Crippen LogP contribution in [0, 0.1) is 15.9 Å². The lowest BCUT2D eigenvalue weighted by atomic mass is 10.2. The fraction of sp³-hybridized carbons (Fsp3) is 0.167. The van der Waals surface area contributed by atoms with Crippen molar-refractivity contribution < 1.29 is 28.3 Å². The topological polar surface area (TPSA) is 87.9 Å². The predicted molar refractivity (Wildman–Crippen MR) is 91.9 cm³/mol. The lowest BCUT2D eigenvalue weighted by molar-refractivity contribution is -0.385. The number of allylic oxidation sites excluding steroid dienone is 1. The Hall–Kier alpha value is -3.42. The normalized spacial score (nSPS) is 10.6. The third-order valence-electron chi connectivity index (χ3n) is 3.23. The van der Waals surface area contributed by atoms with E-state index < -0.39 is 34.8 Å². The molecule has 2 rings (SSSR count). The summed E-state index contributed by atoms with van der Waals surface area (Å²) in [6.45, 7) is 1.34. The minimum Gasteiger partial charge on any atom is -0.493 e. The number of hydrogen-bond donors (Lipinski definition) is 0. The minimum atomic E-state index is -0.918. The van der Waals surface area contributed by atoms with Gasteiger partial charge < -0.3 is 14.2 Å². The van der Waals surface area contributed by atoms with Crippen molar-refractivity contribution in [3.63, 3.8) is 0 Å². The molecular formula is C18H16FNO6. The highest BCUT2D eigenvalue weighted by atomic mass is 19.1. The number of hydrogen-bond acceptors (Lipinski definition) is 6. The molecule has 0 saturated carbocycles. The van der Waals surface area contributed by atoms with Gasteiger partial charge in [0, 0.05) is 12.1 Å². The number of nitro benzene ring substituents is 1. The van der Waals surface area contributed by atoms with Crippen molar-refractivity contribution in [2.24, 2.45) is 0 Å². The zero-order valence-electron chi connectivity index (χ0n) is 14.1. The third-order valence-corrected chi connectivity index (χ3v) is 3.23. The largest absolute Gasteiger partial charge is 0.493 e. The van der Waals surface area contributed by atoms with Crippen LogP contribution in [0.5, 0.6) is 17.2 Å². The molecule has 0 bridgehead atoms. The van der Waals surface area contributed by atoms with Gasteiger partial charge >= 0.3 is 11.7 Å². The van der Waals surface area contributed by atoms with Crippen LogP contribution < -0.4 is 14.2 Å². The van der Waals surface area contributed by atoms with Crippen LogP contribution in [-0.4, -0.2) is 24.6 Å². The van der Waals surface area contributed by atoms with Gasteiger partial charge in [0.2, 0.25) is 5.75 Å². The van der Waals surface area contributed by atoms with Crippen LogP contribution >= 0.6 is 0 Å². The van der Waals surface area contributed by atoms with Crippen LogP contribution in [0.25, 0.3) is 6.08 Å². The molecule has 0 radical (unpaired) electrons. The zero-order valence-corrected chi connectivity index (χ0v) is 14.1. The Kier molecular flexibility index (Phi) is 6.26. The summed E-state index contributed by atoms with van der Waals surface area (Å²) in [7, 11) is 1.45. The number of methoxy groups -OCH3 is 1. The van der Waals surface area contributed by atoms with Crippen molar-refractivity contribution in [2.45, 2.75) is 6.92 Å². The number of halogens is 1. The Morgan fingerprint density at radius 2 is 1.96 bits per heavy atom. The van der Waals surface area contributed by atoms with E-state index in [4.69, 9.17) is 14.2 Å². The molecule has 0 aliphatic heterocycles. The van der Waals surface area contributed by atoms with Crippen LogP contribution in [0.4, 0.5) is 10.1 Å². The second-order valence-corrected chi connectivity index (χ2v) is 5.04. The number of carbonyl (C=O) groups is 1. The first-order valence-corrected chi connectivity index (χ1v) is 7.52. The average Bonchev–Trinajstić information content (AvgIpc) is 2.60. The molecule has 0 atom stereocenters. The number of carbonyl (C=O) groups excluding carboxylic acids is 1. The summed E-state index contributed by atoms with van der Waals surface area (Å²) in [6, 6.07) is 7.69. The molecule has 2 aromatic carbocycles. The van der Waals surface area contributed by atoms with Gasteiger partial charge in [-0.05, 0) is 30.7 Å². The number of esters is 1. The first kappa shape index (κ1) is 18.9. The first-order valence-electron chi connectivity index (χ1n) is 7.52. The van der Waals surface area contributed by atoms with Gasteiger partial charge in [0.25, 0.3) is 0 Å². The van der Waals surface area contributed by atoms with Gasteiger partial charge in [-0.15, -0.1) is 0 Å². The molecule has 0 spiro atoms. The number of rotatable bonds is 7. The van der Waals surface area contributed by atoms with Crippen molar-refractivity contribution in [3.8, 4) is 17.2 Å². The Labute approximate surface area is 148 Å². The summed E-state index contributed by atoms with van der Waals surface area (Å²) < 4.78 is 28.6. The Morgan fingerprint density at radius 3 is 2.62 bits per heavy atom. The van der Waals surface area contributed by atoms with E-state index in [1.165, 1.54) is 7.11 Å². The van der Waals surface area contributed by atoms with Gasteiger partial charge in [-0.25, -0.2) is 9.18 Å². The number of benzene rings is 2. The Morgan fingerprint density at radius 1 is 1.19 bits per heavy atom. The van der Waals surface area contributed by atoms with E-state index in [9.17, 15) is 19.3 Å². The van der Waals surface area contributed by atoms with Crippen molar-refractivity contribution in [2.75, 3.05) is 13.7 Å². The maximum absolute atomic E-state index is 13.2. The van der Waals surface area contributed by atoms with Crippen molar-refractivity contribution in [1.29, 1.82) is 0 Å². The van der Waals surface area contributed by atoms with E-state index in [1.54, 1.807) is 18.2 Å². The smallest absolute Gasteiger partial charge is 0.349 e. The van der Waals surface area contributed by atoms with Gasteiger partial charge in [0.05, 0.1) is 12.0 Å². The molecule has 7 nitrogen and oxygen atoms in total. The molecule has 0 aromatic heterocycles. The number of nitro groups is 1. The first-order chi connectivity index (χ1) is 12.4. The van der Waals surface area contributed by atoms with Crippen LogP contribution in [0.2, 0.25) is 0 Å². The fourth-order valence-electron chi connectivity index (χ4n) is 2.11. The molecule has 0 aliphatic carbocycles. The van der Waals surface area contributed by atoms with Crippen LogP contribution in [-0.2, 0) is 4.79 Å². The molecule has 0 heterocycles. The Balaban J connectivity index is 2.08. The van der Waals surface area contributed by atoms with Crippen LogP contribution in [0.3, 0.4) is 0 Å². The maximum Gasteiger partial charge on any atom is 0.349 e. The lowest BCUT2D eigenvalue weighted by Crippen LogP contribution is -2.18.